The zero-order chi connectivity index (χ0) is 23.0. The van der Waals surface area contributed by atoms with Crippen LogP contribution < -0.4 is 4.74 Å². The van der Waals surface area contributed by atoms with Gasteiger partial charge in [0.1, 0.15) is 12.3 Å². The predicted molar refractivity (Wildman–Crippen MR) is 129 cm³/mol. The molecule has 0 aliphatic rings. The van der Waals surface area contributed by atoms with Gasteiger partial charge in [0, 0.05) is 12.0 Å². The Labute approximate surface area is 193 Å². The van der Waals surface area contributed by atoms with Crippen molar-refractivity contribution in [2.24, 2.45) is 0 Å². The quantitative estimate of drug-likeness (QED) is 0.230. The number of benzene rings is 1. The number of hydrogen-bond acceptors (Lipinski definition) is 3. The first-order valence-corrected chi connectivity index (χ1v) is 12.4. The average Bonchev–Trinajstić information content (AvgIpc) is 2.81. The molecule has 178 valence electrons. The summed E-state index contributed by atoms with van der Waals surface area (Å²) >= 11 is 0. The Kier molecular flexibility index (Phi) is 12.9. The van der Waals surface area contributed by atoms with Gasteiger partial charge in [0.25, 0.3) is 0 Å². The van der Waals surface area contributed by atoms with E-state index < -0.39 is 12.3 Å². The largest absolute Gasteiger partial charge is 0.490 e. The van der Waals surface area contributed by atoms with Crippen LogP contribution in [0.25, 0.3) is 11.4 Å². The molecule has 3 nitrogen and oxygen atoms in total. The second-order valence-corrected chi connectivity index (χ2v) is 8.65. The minimum Gasteiger partial charge on any atom is -0.490 e. The van der Waals surface area contributed by atoms with Crippen molar-refractivity contribution in [3.8, 4) is 17.1 Å². The summed E-state index contributed by atoms with van der Waals surface area (Å²) in [5.41, 5.74) is 2.32. The Morgan fingerprint density at radius 3 is 2.03 bits per heavy atom. The van der Waals surface area contributed by atoms with Crippen molar-refractivity contribution < 1.29 is 13.5 Å². The van der Waals surface area contributed by atoms with Gasteiger partial charge in [-0.2, -0.15) is 0 Å². The minimum absolute atomic E-state index is 0.238. The summed E-state index contributed by atoms with van der Waals surface area (Å²) in [6, 6.07) is 8.43. The Bertz CT molecular complexity index is 721. The summed E-state index contributed by atoms with van der Waals surface area (Å²) < 4.78 is 32.9. The van der Waals surface area contributed by atoms with Crippen LogP contribution in [0, 0.1) is 0 Å². The molecule has 0 saturated carbocycles. The lowest BCUT2D eigenvalue weighted by Crippen LogP contribution is -2.11. The number of halogens is 2. The summed E-state index contributed by atoms with van der Waals surface area (Å²) in [5, 5.41) is 0. The van der Waals surface area contributed by atoms with Gasteiger partial charge in [0.15, 0.2) is 11.6 Å². The van der Waals surface area contributed by atoms with Crippen molar-refractivity contribution in [3.63, 3.8) is 0 Å². The highest BCUT2D eigenvalue weighted by Crippen LogP contribution is 2.19. The van der Waals surface area contributed by atoms with E-state index in [9.17, 15) is 8.78 Å². The molecular formula is C27H40F2N2O. The van der Waals surface area contributed by atoms with Gasteiger partial charge in [-0.05, 0) is 37.7 Å². The number of aromatic nitrogens is 2. The number of alkyl halides is 2. The van der Waals surface area contributed by atoms with Crippen molar-refractivity contribution in [1.29, 1.82) is 0 Å². The van der Waals surface area contributed by atoms with E-state index in [4.69, 9.17) is 4.74 Å². The molecule has 0 N–H and O–H groups in total. The summed E-state index contributed by atoms with van der Waals surface area (Å²) in [6.07, 6.45) is 12.3. The third-order valence-corrected chi connectivity index (χ3v) is 5.75. The third kappa shape index (κ3) is 10.5. The fourth-order valence-corrected chi connectivity index (χ4v) is 3.74. The Balaban J connectivity index is 1.69. The van der Waals surface area contributed by atoms with Crippen LogP contribution in [-0.4, -0.2) is 28.9 Å². The van der Waals surface area contributed by atoms with Crippen molar-refractivity contribution in [2.75, 3.05) is 6.61 Å². The highest BCUT2D eigenvalue weighted by molar-refractivity contribution is 5.55. The molecule has 1 aromatic carbocycles. The molecule has 0 bridgehead atoms. The number of aryl methyl sites for hydroxylation is 1. The molecule has 2 aromatic rings. The smallest absolute Gasteiger partial charge is 0.159 e. The summed E-state index contributed by atoms with van der Waals surface area (Å²) in [4.78, 5) is 8.76. The standard InChI is InChI=1S/C27H40F2N2O/c1-3-5-6-7-8-9-11-22-12-14-23(15-13-22)27-30-20-26(21-31-27)32-19-18-25(29)17-16-24(28)10-4-2/h12-15,20-21,24-25H,3-11,16-19H2,1-2H3. The molecule has 1 aromatic heterocycles. The van der Waals surface area contributed by atoms with Crippen molar-refractivity contribution in [1.82, 2.24) is 9.97 Å². The van der Waals surface area contributed by atoms with Gasteiger partial charge in [0.05, 0.1) is 19.0 Å². The molecule has 0 radical (unpaired) electrons. The summed E-state index contributed by atoms with van der Waals surface area (Å²) in [5.74, 6) is 1.17. The first kappa shape index (κ1) is 26.2. The molecule has 2 rings (SSSR count). The van der Waals surface area contributed by atoms with Crippen LogP contribution in [0.2, 0.25) is 0 Å². The summed E-state index contributed by atoms with van der Waals surface area (Å²) in [7, 11) is 0. The van der Waals surface area contributed by atoms with E-state index in [1.165, 1.54) is 44.1 Å². The van der Waals surface area contributed by atoms with E-state index in [-0.39, 0.29) is 25.9 Å². The Morgan fingerprint density at radius 1 is 0.750 bits per heavy atom. The molecule has 32 heavy (non-hydrogen) atoms. The van der Waals surface area contributed by atoms with E-state index in [0.29, 0.717) is 18.0 Å². The topological polar surface area (TPSA) is 35.0 Å². The molecule has 5 heteroatoms. The molecule has 1 heterocycles. The van der Waals surface area contributed by atoms with Crippen LogP contribution in [0.5, 0.6) is 5.75 Å². The molecular weight excluding hydrogens is 406 g/mol. The van der Waals surface area contributed by atoms with Crippen LogP contribution in [0.4, 0.5) is 8.78 Å². The van der Waals surface area contributed by atoms with Crippen LogP contribution in [0.1, 0.15) is 90.0 Å². The fraction of sp³-hybridized carbons (Fsp3) is 0.630. The summed E-state index contributed by atoms with van der Waals surface area (Å²) in [6.45, 7) is 4.42. The first-order valence-electron chi connectivity index (χ1n) is 12.4. The molecule has 0 amide bonds. The van der Waals surface area contributed by atoms with Crippen molar-refractivity contribution in [2.45, 2.75) is 103 Å². The maximum absolute atomic E-state index is 13.9. The zero-order valence-electron chi connectivity index (χ0n) is 19.9. The normalized spacial score (nSPS) is 13.1. The van der Waals surface area contributed by atoms with Gasteiger partial charge < -0.3 is 4.74 Å². The Morgan fingerprint density at radius 2 is 1.38 bits per heavy atom. The lowest BCUT2D eigenvalue weighted by molar-refractivity contribution is 0.200. The van der Waals surface area contributed by atoms with Gasteiger partial charge in [-0.15, -0.1) is 0 Å². The van der Waals surface area contributed by atoms with Gasteiger partial charge in [-0.3, -0.25) is 0 Å². The lowest BCUT2D eigenvalue weighted by Gasteiger charge is -2.11. The van der Waals surface area contributed by atoms with Crippen molar-refractivity contribution in [3.05, 3.63) is 42.2 Å². The van der Waals surface area contributed by atoms with E-state index in [1.807, 2.05) is 6.92 Å². The maximum atomic E-state index is 13.9. The molecule has 0 fully saturated rings. The van der Waals surface area contributed by atoms with Gasteiger partial charge in [0.2, 0.25) is 0 Å². The van der Waals surface area contributed by atoms with Gasteiger partial charge in [-0.1, -0.05) is 76.6 Å². The number of hydrogen-bond donors (Lipinski definition) is 0. The molecule has 0 spiro atoms. The second-order valence-electron chi connectivity index (χ2n) is 8.65. The zero-order valence-corrected chi connectivity index (χ0v) is 19.9. The Hall–Kier alpha value is -2.04. The fourth-order valence-electron chi connectivity index (χ4n) is 3.74. The maximum Gasteiger partial charge on any atom is 0.159 e. The molecule has 0 aliphatic heterocycles. The van der Waals surface area contributed by atoms with Crippen LogP contribution in [0.3, 0.4) is 0 Å². The predicted octanol–water partition coefficient (Wildman–Crippen LogP) is 8.07. The SMILES string of the molecule is CCCCCCCCc1ccc(-c2ncc(OCCC(F)CCC(F)CCC)cn2)cc1. The van der Waals surface area contributed by atoms with Gasteiger partial charge >= 0.3 is 0 Å². The highest BCUT2D eigenvalue weighted by Gasteiger charge is 2.12. The number of rotatable bonds is 17. The van der Waals surface area contributed by atoms with E-state index in [2.05, 4.69) is 41.2 Å². The van der Waals surface area contributed by atoms with E-state index in [0.717, 1.165) is 18.4 Å². The highest BCUT2D eigenvalue weighted by atomic mass is 19.1. The molecule has 2 atom stereocenters. The lowest BCUT2D eigenvalue weighted by atomic mass is 10.0. The van der Waals surface area contributed by atoms with Crippen molar-refractivity contribution >= 4 is 0 Å². The van der Waals surface area contributed by atoms with E-state index in [1.54, 1.807) is 12.4 Å². The number of ether oxygens (including phenoxy) is 1. The van der Waals surface area contributed by atoms with E-state index >= 15 is 0 Å². The monoisotopic (exact) mass is 446 g/mol. The van der Waals surface area contributed by atoms with Crippen LogP contribution >= 0.6 is 0 Å². The number of nitrogens with zero attached hydrogens (tertiary/aromatic N) is 2. The molecule has 0 saturated heterocycles. The van der Waals surface area contributed by atoms with Crippen LogP contribution in [0.15, 0.2) is 36.7 Å². The second kappa shape index (κ2) is 15.7. The number of unbranched alkanes of at least 4 members (excludes halogenated alkanes) is 5. The molecule has 0 aliphatic carbocycles. The first-order chi connectivity index (χ1) is 15.6. The third-order valence-electron chi connectivity index (χ3n) is 5.75. The average molecular weight is 447 g/mol. The molecule has 2 unspecified atom stereocenters. The van der Waals surface area contributed by atoms with Gasteiger partial charge in [-0.25, -0.2) is 18.7 Å². The minimum atomic E-state index is -1.04. The van der Waals surface area contributed by atoms with Crippen LogP contribution in [-0.2, 0) is 6.42 Å².